The van der Waals surface area contributed by atoms with Gasteiger partial charge in [-0.15, -0.1) is 0 Å². The lowest BCUT2D eigenvalue weighted by Crippen LogP contribution is -2.34. The molecule has 1 heterocycles. The van der Waals surface area contributed by atoms with Gasteiger partial charge in [-0.3, -0.25) is 14.6 Å². The summed E-state index contributed by atoms with van der Waals surface area (Å²) >= 11 is 0. The van der Waals surface area contributed by atoms with Gasteiger partial charge in [0.15, 0.2) is 0 Å². The van der Waals surface area contributed by atoms with Gasteiger partial charge in [0, 0.05) is 6.54 Å². The monoisotopic (exact) mass is 335 g/mol. The van der Waals surface area contributed by atoms with Crippen LogP contribution in [0.4, 0.5) is 20.3 Å². The van der Waals surface area contributed by atoms with Crippen LogP contribution in [0.5, 0.6) is 0 Å². The third kappa shape index (κ3) is 4.00. The summed E-state index contributed by atoms with van der Waals surface area (Å²) in [5, 5.41) is 2.18. The Kier molecular flexibility index (Phi) is 5.35. The molecule has 0 aliphatic heterocycles. The summed E-state index contributed by atoms with van der Waals surface area (Å²) < 4.78 is 27.1. The van der Waals surface area contributed by atoms with Crippen LogP contribution in [0.1, 0.15) is 17.4 Å². The Morgan fingerprint density at radius 1 is 1.25 bits per heavy atom. The molecular formula is C15H15F2N5O2. The zero-order chi connectivity index (χ0) is 17.7. The Labute approximate surface area is 136 Å². The van der Waals surface area contributed by atoms with E-state index in [9.17, 15) is 18.4 Å². The van der Waals surface area contributed by atoms with Crippen LogP contribution >= 0.6 is 0 Å². The molecule has 9 heteroatoms. The number of hydrogen-bond donors (Lipinski definition) is 2. The van der Waals surface area contributed by atoms with Crippen LogP contribution in [-0.4, -0.2) is 34.9 Å². The van der Waals surface area contributed by atoms with Gasteiger partial charge < -0.3 is 16.0 Å². The number of primary amides is 1. The molecule has 1 aromatic heterocycles. The number of benzene rings is 1. The predicted molar refractivity (Wildman–Crippen MR) is 83.4 cm³/mol. The first kappa shape index (κ1) is 17.3. The van der Waals surface area contributed by atoms with Crippen LogP contribution in [-0.2, 0) is 4.79 Å². The Morgan fingerprint density at radius 3 is 2.50 bits per heavy atom. The number of rotatable bonds is 6. The van der Waals surface area contributed by atoms with Gasteiger partial charge in [-0.1, -0.05) is 6.07 Å². The molecule has 2 amide bonds. The molecule has 0 atom stereocenters. The maximum atomic E-state index is 13.6. The predicted octanol–water partition coefficient (Wildman–Crippen LogP) is 1.32. The highest BCUT2D eigenvalue weighted by Gasteiger charge is 2.16. The van der Waals surface area contributed by atoms with Crippen LogP contribution in [0, 0.1) is 11.6 Å². The number of carbonyl (C=O) groups is 2. The van der Waals surface area contributed by atoms with Gasteiger partial charge in [0.05, 0.1) is 18.9 Å². The SMILES string of the molecule is CCN(CC(=O)Nc1c(F)cccc1F)c1cncc(C(N)=O)n1. The van der Waals surface area contributed by atoms with Crippen molar-refractivity contribution in [3.05, 3.63) is 47.9 Å². The van der Waals surface area contributed by atoms with Crippen molar-refractivity contribution in [2.75, 3.05) is 23.3 Å². The molecule has 0 bridgehead atoms. The van der Waals surface area contributed by atoms with Gasteiger partial charge >= 0.3 is 0 Å². The fraction of sp³-hybridized carbons (Fsp3) is 0.200. The number of nitrogens with zero attached hydrogens (tertiary/aromatic N) is 3. The van der Waals surface area contributed by atoms with E-state index in [1.54, 1.807) is 6.92 Å². The molecule has 0 radical (unpaired) electrons. The highest BCUT2D eigenvalue weighted by atomic mass is 19.1. The fourth-order valence-corrected chi connectivity index (χ4v) is 1.95. The minimum Gasteiger partial charge on any atom is -0.364 e. The summed E-state index contributed by atoms with van der Waals surface area (Å²) in [6.45, 7) is 1.86. The summed E-state index contributed by atoms with van der Waals surface area (Å²) in [4.78, 5) is 32.5. The van der Waals surface area contributed by atoms with Gasteiger partial charge in [-0.05, 0) is 19.1 Å². The van der Waals surface area contributed by atoms with Crippen LogP contribution in [0.25, 0.3) is 0 Å². The van der Waals surface area contributed by atoms with Crippen LogP contribution in [0.2, 0.25) is 0 Å². The molecule has 0 aliphatic carbocycles. The molecule has 126 valence electrons. The Morgan fingerprint density at radius 2 is 1.92 bits per heavy atom. The van der Waals surface area contributed by atoms with E-state index in [1.807, 2.05) is 0 Å². The number of likely N-dealkylation sites (N-methyl/N-ethyl adjacent to an activating group) is 1. The van der Waals surface area contributed by atoms with E-state index in [2.05, 4.69) is 15.3 Å². The minimum atomic E-state index is -0.873. The van der Waals surface area contributed by atoms with Crippen molar-refractivity contribution in [2.45, 2.75) is 6.92 Å². The second-order valence-corrected chi connectivity index (χ2v) is 4.79. The van der Waals surface area contributed by atoms with E-state index in [1.165, 1.54) is 23.4 Å². The normalized spacial score (nSPS) is 10.3. The number of anilines is 2. The molecule has 0 unspecified atom stereocenters. The van der Waals surface area contributed by atoms with E-state index in [-0.39, 0.29) is 18.1 Å². The average Bonchev–Trinajstić information content (AvgIpc) is 2.56. The summed E-state index contributed by atoms with van der Waals surface area (Å²) in [5.41, 5.74) is 4.57. The number of aromatic nitrogens is 2. The molecule has 2 rings (SSSR count). The average molecular weight is 335 g/mol. The quantitative estimate of drug-likeness (QED) is 0.829. The summed E-state index contributed by atoms with van der Waals surface area (Å²) in [7, 11) is 0. The smallest absolute Gasteiger partial charge is 0.268 e. The van der Waals surface area contributed by atoms with Gasteiger partial charge in [0.1, 0.15) is 28.8 Å². The van der Waals surface area contributed by atoms with Crippen molar-refractivity contribution in [2.24, 2.45) is 5.73 Å². The Hall–Kier alpha value is -3.10. The maximum absolute atomic E-state index is 13.6. The number of amides is 2. The summed E-state index contributed by atoms with van der Waals surface area (Å²) in [6, 6.07) is 3.28. The lowest BCUT2D eigenvalue weighted by molar-refractivity contribution is -0.115. The van der Waals surface area contributed by atoms with Crippen LogP contribution in [0.3, 0.4) is 0 Å². The van der Waals surface area contributed by atoms with E-state index < -0.39 is 29.1 Å². The maximum Gasteiger partial charge on any atom is 0.268 e. The zero-order valence-electron chi connectivity index (χ0n) is 12.8. The third-order valence-corrected chi connectivity index (χ3v) is 3.14. The summed E-state index contributed by atoms with van der Waals surface area (Å²) in [5.74, 6) is -2.90. The third-order valence-electron chi connectivity index (χ3n) is 3.14. The second-order valence-electron chi connectivity index (χ2n) is 4.79. The van der Waals surface area contributed by atoms with Crippen LogP contribution in [0.15, 0.2) is 30.6 Å². The number of halogens is 2. The summed E-state index contributed by atoms with van der Waals surface area (Å²) in [6.07, 6.45) is 2.56. The molecule has 0 spiro atoms. The Bertz CT molecular complexity index is 749. The largest absolute Gasteiger partial charge is 0.364 e. The first-order chi connectivity index (χ1) is 11.4. The van der Waals surface area contributed by atoms with E-state index in [0.29, 0.717) is 6.54 Å². The van der Waals surface area contributed by atoms with Crippen molar-refractivity contribution in [3.63, 3.8) is 0 Å². The first-order valence-corrected chi connectivity index (χ1v) is 7.03. The number of nitrogens with one attached hydrogen (secondary N) is 1. The molecule has 0 fully saturated rings. The fourth-order valence-electron chi connectivity index (χ4n) is 1.95. The molecular weight excluding hydrogens is 320 g/mol. The molecule has 1 aromatic carbocycles. The molecule has 0 aliphatic rings. The molecule has 2 aromatic rings. The molecule has 3 N–H and O–H groups in total. The van der Waals surface area contributed by atoms with Crippen LogP contribution < -0.4 is 16.0 Å². The highest BCUT2D eigenvalue weighted by molar-refractivity contribution is 5.94. The standard InChI is InChI=1S/C15H15F2N5O2/c1-2-22(12-7-19-6-11(20-12)15(18)24)8-13(23)21-14-9(16)4-3-5-10(14)17/h3-7H,2,8H2,1H3,(H2,18,24)(H,21,23). The number of para-hydroxylation sites is 1. The van der Waals surface area contributed by atoms with Crippen molar-refractivity contribution < 1.29 is 18.4 Å². The molecule has 24 heavy (non-hydrogen) atoms. The topological polar surface area (TPSA) is 101 Å². The Balaban J connectivity index is 2.14. The molecule has 0 saturated carbocycles. The van der Waals surface area contributed by atoms with Crippen molar-refractivity contribution in [1.82, 2.24) is 9.97 Å². The minimum absolute atomic E-state index is 0.0495. The zero-order valence-corrected chi connectivity index (χ0v) is 12.8. The molecule has 7 nitrogen and oxygen atoms in total. The van der Waals surface area contributed by atoms with E-state index in [0.717, 1.165) is 12.1 Å². The van der Waals surface area contributed by atoms with Crippen molar-refractivity contribution in [3.8, 4) is 0 Å². The lowest BCUT2D eigenvalue weighted by atomic mass is 10.3. The van der Waals surface area contributed by atoms with Gasteiger partial charge in [0.2, 0.25) is 5.91 Å². The lowest BCUT2D eigenvalue weighted by Gasteiger charge is -2.21. The van der Waals surface area contributed by atoms with Gasteiger partial charge in [-0.2, -0.15) is 0 Å². The van der Waals surface area contributed by atoms with E-state index in [4.69, 9.17) is 5.73 Å². The van der Waals surface area contributed by atoms with Gasteiger partial charge in [-0.25, -0.2) is 13.8 Å². The van der Waals surface area contributed by atoms with E-state index >= 15 is 0 Å². The second kappa shape index (κ2) is 7.44. The number of nitrogens with two attached hydrogens (primary N) is 1. The number of carbonyl (C=O) groups excluding carboxylic acids is 2. The molecule has 0 saturated heterocycles. The highest BCUT2D eigenvalue weighted by Crippen LogP contribution is 2.18. The first-order valence-electron chi connectivity index (χ1n) is 7.03. The van der Waals surface area contributed by atoms with Crippen molar-refractivity contribution in [1.29, 1.82) is 0 Å². The van der Waals surface area contributed by atoms with Crippen molar-refractivity contribution >= 4 is 23.3 Å². The van der Waals surface area contributed by atoms with Gasteiger partial charge in [0.25, 0.3) is 5.91 Å². The number of hydrogen-bond acceptors (Lipinski definition) is 5.